The van der Waals surface area contributed by atoms with Gasteiger partial charge in [-0.1, -0.05) is 39.3 Å². The predicted octanol–water partition coefficient (Wildman–Crippen LogP) is 3.30. The van der Waals surface area contributed by atoms with Crippen molar-refractivity contribution >= 4 is 44.2 Å². The van der Waals surface area contributed by atoms with Gasteiger partial charge in [0.2, 0.25) is 0 Å². The lowest BCUT2D eigenvalue weighted by Gasteiger charge is -2.11. The largest absolute Gasteiger partial charge is 0.393 e. The number of anilines is 3. The van der Waals surface area contributed by atoms with Crippen LogP contribution in [0.15, 0.2) is 59.3 Å². The van der Waals surface area contributed by atoms with Gasteiger partial charge in [-0.15, -0.1) is 5.10 Å². The van der Waals surface area contributed by atoms with Crippen LogP contribution in [0.1, 0.15) is 0 Å². The molecule has 0 atom stereocenters. The minimum Gasteiger partial charge on any atom is -0.393 e. The quantitative estimate of drug-likeness (QED) is 0.565. The van der Waals surface area contributed by atoms with Crippen molar-refractivity contribution in [3.8, 4) is 5.82 Å². The Morgan fingerprint density at radius 3 is 2.79 bits per heavy atom. The van der Waals surface area contributed by atoms with E-state index in [2.05, 4.69) is 41.5 Å². The van der Waals surface area contributed by atoms with Crippen LogP contribution in [0.5, 0.6) is 0 Å². The Hall–Kier alpha value is -3.00. The van der Waals surface area contributed by atoms with Crippen molar-refractivity contribution < 1.29 is 0 Å². The van der Waals surface area contributed by atoms with Crippen LogP contribution in [0.25, 0.3) is 16.9 Å². The fraction of sp³-hybridized carbons (Fsp3) is 0. The Labute approximate surface area is 145 Å². The van der Waals surface area contributed by atoms with Gasteiger partial charge in [0, 0.05) is 10.2 Å². The average molecular weight is 382 g/mol. The topological polar surface area (TPSA) is 94.5 Å². The molecule has 0 saturated heterocycles. The first-order valence-corrected chi connectivity index (χ1v) is 7.95. The summed E-state index contributed by atoms with van der Waals surface area (Å²) in [4.78, 5) is 8.50. The first-order chi connectivity index (χ1) is 11.7. The van der Waals surface area contributed by atoms with Gasteiger partial charge in [-0.25, -0.2) is 9.97 Å². The molecule has 3 N–H and O–H groups in total. The van der Waals surface area contributed by atoms with Crippen molar-refractivity contribution in [1.29, 1.82) is 0 Å². The number of benzene rings is 2. The number of nitrogens with one attached hydrogen (secondary N) is 1. The molecule has 4 aromatic rings. The van der Waals surface area contributed by atoms with Gasteiger partial charge < -0.3 is 11.1 Å². The Kier molecular flexibility index (Phi) is 3.58. The molecule has 2 aromatic carbocycles. The van der Waals surface area contributed by atoms with E-state index >= 15 is 0 Å². The van der Waals surface area contributed by atoms with Crippen molar-refractivity contribution in [2.75, 3.05) is 11.1 Å². The van der Waals surface area contributed by atoms with E-state index in [4.69, 9.17) is 5.73 Å². The fourth-order valence-corrected chi connectivity index (χ4v) is 2.78. The Bertz CT molecular complexity index is 1030. The van der Waals surface area contributed by atoms with Gasteiger partial charge in [0.25, 0.3) is 0 Å². The molecule has 0 fully saturated rings. The number of nitrogens with zero attached hydrogens (tertiary/aromatic N) is 5. The molecule has 2 heterocycles. The lowest BCUT2D eigenvalue weighted by atomic mass is 10.3. The third-order valence-corrected chi connectivity index (χ3v) is 4.00. The zero-order valence-electron chi connectivity index (χ0n) is 12.4. The van der Waals surface area contributed by atoms with Crippen molar-refractivity contribution in [3.05, 3.63) is 59.3 Å². The zero-order valence-corrected chi connectivity index (χ0v) is 14.0. The van der Waals surface area contributed by atoms with E-state index in [9.17, 15) is 0 Å². The number of hydrogen-bond donors (Lipinski definition) is 2. The maximum absolute atomic E-state index is 6.26. The summed E-state index contributed by atoms with van der Waals surface area (Å²) in [7, 11) is 0. The molecule has 2 aromatic heterocycles. The lowest BCUT2D eigenvalue weighted by molar-refractivity contribution is 0.800. The highest BCUT2D eigenvalue weighted by Gasteiger charge is 2.14. The molecule has 0 aliphatic rings. The molecule has 0 bridgehead atoms. The van der Waals surface area contributed by atoms with E-state index in [1.807, 2.05) is 48.5 Å². The number of nitrogen functional groups attached to an aromatic ring is 1. The Balaban J connectivity index is 1.78. The number of fused-ring (bicyclic) bond motifs is 1. The van der Waals surface area contributed by atoms with E-state index < -0.39 is 0 Å². The summed E-state index contributed by atoms with van der Waals surface area (Å²) in [5.41, 5.74) is 9.13. The van der Waals surface area contributed by atoms with E-state index in [-0.39, 0.29) is 0 Å². The minimum absolute atomic E-state index is 0.396. The van der Waals surface area contributed by atoms with Gasteiger partial charge in [0.15, 0.2) is 11.6 Å². The summed E-state index contributed by atoms with van der Waals surface area (Å²) in [5, 5.41) is 11.5. The highest BCUT2D eigenvalue weighted by molar-refractivity contribution is 9.10. The molecule has 24 heavy (non-hydrogen) atoms. The van der Waals surface area contributed by atoms with Crippen molar-refractivity contribution in [3.63, 3.8) is 0 Å². The summed E-state index contributed by atoms with van der Waals surface area (Å²) < 4.78 is 2.57. The van der Waals surface area contributed by atoms with E-state index in [1.54, 1.807) is 4.68 Å². The van der Waals surface area contributed by atoms with Gasteiger partial charge in [-0.2, -0.15) is 4.68 Å². The van der Waals surface area contributed by atoms with E-state index in [1.165, 1.54) is 6.33 Å². The average Bonchev–Trinajstić information content (AvgIpc) is 3.01. The minimum atomic E-state index is 0.396. The smallest absolute Gasteiger partial charge is 0.184 e. The van der Waals surface area contributed by atoms with E-state index in [0.717, 1.165) is 21.2 Å². The second kappa shape index (κ2) is 5.89. The van der Waals surface area contributed by atoms with Crippen LogP contribution in [-0.2, 0) is 0 Å². The maximum atomic E-state index is 6.26. The first kappa shape index (κ1) is 14.6. The van der Waals surface area contributed by atoms with Gasteiger partial charge >= 0.3 is 0 Å². The standard InChI is InChI=1S/C16H12BrN7/c17-10-4-3-5-11(8-10)21-15-14(18)16(20-9-19-15)24-13-7-2-1-6-12(13)22-23-24/h1-9H,18H2,(H,19,20,21). The Morgan fingerprint density at radius 1 is 1.04 bits per heavy atom. The molecule has 118 valence electrons. The van der Waals surface area contributed by atoms with Crippen LogP contribution in [0, 0.1) is 0 Å². The molecule has 0 radical (unpaired) electrons. The predicted molar refractivity (Wildman–Crippen MR) is 96.3 cm³/mol. The molecule has 0 amide bonds. The van der Waals surface area contributed by atoms with Crippen molar-refractivity contribution in [2.24, 2.45) is 0 Å². The van der Waals surface area contributed by atoms with Gasteiger partial charge in [-0.05, 0) is 30.3 Å². The summed E-state index contributed by atoms with van der Waals surface area (Å²) >= 11 is 3.44. The molecular formula is C16H12BrN7. The molecule has 0 saturated carbocycles. The van der Waals surface area contributed by atoms with Gasteiger partial charge in [0.1, 0.15) is 17.5 Å². The molecule has 0 unspecified atom stereocenters. The Morgan fingerprint density at radius 2 is 1.92 bits per heavy atom. The van der Waals surface area contributed by atoms with Crippen LogP contribution in [0.3, 0.4) is 0 Å². The summed E-state index contributed by atoms with van der Waals surface area (Å²) in [6.07, 6.45) is 1.45. The number of nitrogens with two attached hydrogens (primary N) is 1. The SMILES string of the molecule is Nc1c(Nc2cccc(Br)c2)ncnc1-n1nnc2ccccc21. The maximum Gasteiger partial charge on any atom is 0.184 e. The molecule has 0 aliphatic heterocycles. The van der Waals surface area contributed by atoms with Crippen LogP contribution in [0.4, 0.5) is 17.2 Å². The fourth-order valence-electron chi connectivity index (χ4n) is 2.38. The highest BCUT2D eigenvalue weighted by atomic mass is 79.9. The number of aromatic nitrogens is 5. The lowest BCUT2D eigenvalue weighted by Crippen LogP contribution is -2.08. The summed E-state index contributed by atoms with van der Waals surface area (Å²) in [5.74, 6) is 0.994. The van der Waals surface area contributed by atoms with Gasteiger partial charge in [0.05, 0.1) is 5.52 Å². The van der Waals surface area contributed by atoms with Crippen molar-refractivity contribution in [2.45, 2.75) is 0 Å². The molecule has 4 rings (SSSR count). The number of hydrogen-bond acceptors (Lipinski definition) is 6. The highest BCUT2D eigenvalue weighted by Crippen LogP contribution is 2.27. The van der Waals surface area contributed by atoms with Gasteiger partial charge in [-0.3, -0.25) is 0 Å². The second-order valence-corrected chi connectivity index (χ2v) is 6.00. The van der Waals surface area contributed by atoms with Crippen molar-refractivity contribution in [1.82, 2.24) is 25.0 Å². The summed E-state index contributed by atoms with van der Waals surface area (Å²) in [6, 6.07) is 15.4. The number of halogens is 1. The van der Waals surface area contributed by atoms with Crippen LogP contribution in [0.2, 0.25) is 0 Å². The molecular weight excluding hydrogens is 370 g/mol. The van der Waals surface area contributed by atoms with E-state index in [0.29, 0.717) is 17.3 Å². The molecule has 0 aliphatic carbocycles. The zero-order chi connectivity index (χ0) is 16.5. The third kappa shape index (κ3) is 2.56. The number of para-hydroxylation sites is 1. The number of rotatable bonds is 3. The third-order valence-electron chi connectivity index (χ3n) is 3.50. The molecule has 8 heteroatoms. The molecule has 7 nitrogen and oxygen atoms in total. The molecule has 0 spiro atoms. The normalized spacial score (nSPS) is 10.9. The van der Waals surface area contributed by atoms with Crippen LogP contribution in [-0.4, -0.2) is 25.0 Å². The van der Waals surface area contributed by atoms with Crippen LogP contribution >= 0.6 is 15.9 Å². The summed E-state index contributed by atoms with van der Waals surface area (Å²) in [6.45, 7) is 0. The second-order valence-electron chi connectivity index (χ2n) is 5.08. The monoisotopic (exact) mass is 381 g/mol. The first-order valence-electron chi connectivity index (χ1n) is 7.16. The van der Waals surface area contributed by atoms with Crippen LogP contribution < -0.4 is 11.1 Å².